The first-order valence-corrected chi connectivity index (χ1v) is 7.09. The molecule has 1 N–H and O–H groups in total. The number of esters is 1. The maximum atomic E-state index is 12.1. The summed E-state index contributed by atoms with van der Waals surface area (Å²) in [7, 11) is 0. The third kappa shape index (κ3) is 3.44. The molecule has 0 amide bonds. The molecular formula is C14H25NO2. The van der Waals surface area contributed by atoms with Gasteiger partial charge in [0.2, 0.25) is 0 Å². The minimum atomic E-state index is -0.452. The summed E-state index contributed by atoms with van der Waals surface area (Å²) >= 11 is 0. The van der Waals surface area contributed by atoms with E-state index in [2.05, 4.69) is 5.32 Å². The van der Waals surface area contributed by atoms with Gasteiger partial charge in [-0.25, -0.2) is 0 Å². The first-order chi connectivity index (χ1) is 8.14. The fourth-order valence-electron chi connectivity index (χ4n) is 2.91. The Hall–Kier alpha value is -0.570. The van der Waals surface area contributed by atoms with E-state index in [1.54, 1.807) is 0 Å². The van der Waals surface area contributed by atoms with Crippen LogP contribution in [0.1, 0.15) is 58.8 Å². The zero-order valence-electron chi connectivity index (χ0n) is 11.1. The molecule has 3 heteroatoms. The van der Waals surface area contributed by atoms with E-state index in [0.717, 1.165) is 12.3 Å². The molecule has 17 heavy (non-hydrogen) atoms. The maximum Gasteiger partial charge on any atom is 0.326 e. The monoisotopic (exact) mass is 239 g/mol. The van der Waals surface area contributed by atoms with Crippen LogP contribution in [0.2, 0.25) is 0 Å². The van der Waals surface area contributed by atoms with Crippen molar-refractivity contribution in [1.82, 2.24) is 5.32 Å². The lowest BCUT2D eigenvalue weighted by Gasteiger charge is -2.31. The largest absolute Gasteiger partial charge is 0.465 e. The van der Waals surface area contributed by atoms with E-state index in [1.807, 2.05) is 13.8 Å². The molecule has 1 atom stereocenters. The molecule has 0 bridgehead atoms. The van der Waals surface area contributed by atoms with Crippen LogP contribution in [0.15, 0.2) is 0 Å². The summed E-state index contributed by atoms with van der Waals surface area (Å²) in [6, 6.07) is 0.517. The van der Waals surface area contributed by atoms with Crippen LogP contribution in [0, 0.1) is 5.92 Å². The topological polar surface area (TPSA) is 38.3 Å². The van der Waals surface area contributed by atoms with Crippen molar-refractivity contribution >= 4 is 5.97 Å². The Kier molecular flexibility index (Phi) is 4.08. The second-order valence-electron chi connectivity index (χ2n) is 5.83. The zero-order chi connectivity index (χ0) is 12.3. The lowest BCUT2D eigenvalue weighted by Crippen LogP contribution is -2.54. The van der Waals surface area contributed by atoms with Crippen molar-refractivity contribution in [2.45, 2.75) is 70.4 Å². The minimum absolute atomic E-state index is 0.0567. The Bertz CT molecular complexity index is 269. The molecule has 2 aliphatic carbocycles. The van der Waals surface area contributed by atoms with Gasteiger partial charge in [-0.1, -0.05) is 25.7 Å². The van der Waals surface area contributed by atoms with E-state index in [9.17, 15) is 4.79 Å². The van der Waals surface area contributed by atoms with E-state index in [4.69, 9.17) is 4.74 Å². The zero-order valence-corrected chi connectivity index (χ0v) is 11.1. The number of nitrogens with one attached hydrogen (secondary N) is 1. The fourth-order valence-corrected chi connectivity index (χ4v) is 2.91. The van der Waals surface area contributed by atoms with Crippen molar-refractivity contribution in [1.29, 1.82) is 0 Å². The first-order valence-electron chi connectivity index (χ1n) is 7.09. The Balaban J connectivity index is 1.96. The quantitative estimate of drug-likeness (QED) is 0.724. The van der Waals surface area contributed by atoms with Gasteiger partial charge in [-0.05, 0) is 39.0 Å². The van der Waals surface area contributed by atoms with Crippen molar-refractivity contribution in [3.8, 4) is 0 Å². The number of hydrogen-bond donors (Lipinski definition) is 1. The number of carbonyl (C=O) groups excluding carboxylic acids is 1. The maximum absolute atomic E-state index is 12.1. The number of carbonyl (C=O) groups is 1. The summed E-state index contributed by atoms with van der Waals surface area (Å²) in [5.41, 5.74) is -0.452. The van der Waals surface area contributed by atoms with Crippen LogP contribution in [0.4, 0.5) is 0 Å². The molecule has 0 spiro atoms. The summed E-state index contributed by atoms with van der Waals surface area (Å²) in [6.45, 7) is 4.39. The van der Waals surface area contributed by atoms with Gasteiger partial charge >= 0.3 is 5.97 Å². The summed E-state index contributed by atoms with van der Waals surface area (Å²) in [4.78, 5) is 12.1. The van der Waals surface area contributed by atoms with Crippen molar-refractivity contribution in [2.75, 3.05) is 6.61 Å². The van der Waals surface area contributed by atoms with Gasteiger partial charge in [0.25, 0.3) is 0 Å². The van der Waals surface area contributed by atoms with Gasteiger partial charge in [0.05, 0.1) is 6.61 Å². The van der Waals surface area contributed by atoms with Crippen LogP contribution in [-0.4, -0.2) is 24.2 Å². The van der Waals surface area contributed by atoms with Crippen molar-refractivity contribution in [3.05, 3.63) is 0 Å². The van der Waals surface area contributed by atoms with E-state index in [0.29, 0.717) is 12.6 Å². The summed E-state index contributed by atoms with van der Waals surface area (Å²) in [5.74, 6) is 0.678. The molecule has 1 unspecified atom stereocenters. The highest BCUT2D eigenvalue weighted by molar-refractivity contribution is 5.80. The molecule has 0 aromatic carbocycles. The molecular weight excluding hydrogens is 214 g/mol. The van der Waals surface area contributed by atoms with Crippen molar-refractivity contribution < 1.29 is 9.53 Å². The van der Waals surface area contributed by atoms with Crippen LogP contribution in [0.5, 0.6) is 0 Å². The lowest BCUT2D eigenvalue weighted by molar-refractivity contribution is -0.151. The summed E-state index contributed by atoms with van der Waals surface area (Å²) in [6.07, 6.45) is 8.50. The van der Waals surface area contributed by atoms with Crippen molar-refractivity contribution in [3.63, 3.8) is 0 Å². The average molecular weight is 239 g/mol. The Morgan fingerprint density at radius 1 is 1.29 bits per heavy atom. The Labute approximate surface area is 104 Å². The van der Waals surface area contributed by atoms with E-state index >= 15 is 0 Å². The number of rotatable bonds is 6. The molecule has 98 valence electrons. The summed E-state index contributed by atoms with van der Waals surface area (Å²) < 4.78 is 5.24. The van der Waals surface area contributed by atoms with Gasteiger partial charge in [-0.3, -0.25) is 10.1 Å². The van der Waals surface area contributed by atoms with Crippen LogP contribution < -0.4 is 5.32 Å². The highest BCUT2D eigenvalue weighted by Gasteiger charge is 2.41. The molecule has 2 fully saturated rings. The van der Waals surface area contributed by atoms with Gasteiger partial charge in [0.1, 0.15) is 5.54 Å². The average Bonchev–Trinajstić information content (AvgIpc) is 2.93. The molecule has 0 saturated heterocycles. The molecule has 2 rings (SSSR count). The summed E-state index contributed by atoms with van der Waals surface area (Å²) in [5, 5.41) is 3.57. The van der Waals surface area contributed by atoms with Crippen LogP contribution in [-0.2, 0) is 9.53 Å². The predicted octanol–water partition coefficient (Wildman–Crippen LogP) is 2.64. The molecule has 3 nitrogen and oxygen atoms in total. The Morgan fingerprint density at radius 2 is 1.94 bits per heavy atom. The van der Waals surface area contributed by atoms with Gasteiger partial charge in [0, 0.05) is 6.04 Å². The molecule has 0 radical (unpaired) electrons. The normalized spacial score (nSPS) is 24.6. The van der Waals surface area contributed by atoms with Crippen LogP contribution >= 0.6 is 0 Å². The predicted molar refractivity (Wildman–Crippen MR) is 67.8 cm³/mol. The van der Waals surface area contributed by atoms with Crippen LogP contribution in [0.25, 0.3) is 0 Å². The Morgan fingerprint density at radius 3 is 2.47 bits per heavy atom. The molecule has 2 saturated carbocycles. The number of ether oxygens (including phenoxy) is 1. The minimum Gasteiger partial charge on any atom is -0.465 e. The van der Waals surface area contributed by atoms with E-state index in [-0.39, 0.29) is 5.97 Å². The smallest absolute Gasteiger partial charge is 0.326 e. The molecule has 0 heterocycles. The SMILES string of the molecule is CCOC(=O)C(C)(CC1CC1)NC1CCCC1. The molecule has 0 aromatic heterocycles. The third-order valence-corrected chi connectivity index (χ3v) is 4.00. The standard InChI is InChI=1S/C14H25NO2/c1-3-17-13(16)14(2,10-11-8-9-11)15-12-6-4-5-7-12/h11-12,15H,3-10H2,1-2H3. The molecule has 0 aliphatic heterocycles. The number of hydrogen-bond acceptors (Lipinski definition) is 3. The van der Waals surface area contributed by atoms with E-state index < -0.39 is 5.54 Å². The fraction of sp³-hybridized carbons (Fsp3) is 0.929. The van der Waals surface area contributed by atoms with Crippen LogP contribution in [0.3, 0.4) is 0 Å². The van der Waals surface area contributed by atoms with Gasteiger partial charge in [-0.15, -0.1) is 0 Å². The lowest BCUT2D eigenvalue weighted by atomic mass is 9.93. The molecule has 2 aliphatic rings. The van der Waals surface area contributed by atoms with Gasteiger partial charge in [-0.2, -0.15) is 0 Å². The highest BCUT2D eigenvalue weighted by Crippen LogP contribution is 2.38. The van der Waals surface area contributed by atoms with E-state index in [1.165, 1.54) is 38.5 Å². The second kappa shape index (κ2) is 5.38. The highest BCUT2D eigenvalue weighted by atomic mass is 16.5. The van der Waals surface area contributed by atoms with Gasteiger partial charge < -0.3 is 4.74 Å². The van der Waals surface area contributed by atoms with Gasteiger partial charge in [0.15, 0.2) is 0 Å². The third-order valence-electron chi connectivity index (χ3n) is 4.00. The van der Waals surface area contributed by atoms with Crippen molar-refractivity contribution in [2.24, 2.45) is 5.92 Å². The molecule has 0 aromatic rings. The first kappa shape index (κ1) is 12.9. The second-order valence-corrected chi connectivity index (χ2v) is 5.83.